The Balaban J connectivity index is 2.01. The number of carbonyl (C=O) groups is 2. The molecular weight excluding hydrogens is 434 g/mol. The highest BCUT2D eigenvalue weighted by Crippen LogP contribution is 2.46. The van der Waals surface area contributed by atoms with Crippen LogP contribution in [0.5, 0.6) is 0 Å². The van der Waals surface area contributed by atoms with Gasteiger partial charge >= 0.3 is 5.76 Å². The zero-order chi connectivity index (χ0) is 24.6. The summed E-state index contributed by atoms with van der Waals surface area (Å²) >= 11 is 0. The second kappa shape index (κ2) is 8.90. The molecule has 0 fully saturated rings. The average molecular weight is 464 g/mol. The third-order valence-electron chi connectivity index (χ3n) is 6.46. The Bertz CT molecular complexity index is 1230. The monoisotopic (exact) mass is 463 g/mol. The molecule has 1 aliphatic carbocycles. The van der Waals surface area contributed by atoms with Crippen LogP contribution < -0.4 is 11.5 Å². The summed E-state index contributed by atoms with van der Waals surface area (Å²) in [5, 5.41) is 4.09. The van der Waals surface area contributed by atoms with E-state index in [2.05, 4.69) is 10.1 Å². The van der Waals surface area contributed by atoms with Crippen LogP contribution in [0.25, 0.3) is 0 Å². The summed E-state index contributed by atoms with van der Waals surface area (Å²) in [7, 11) is 6.86. The van der Waals surface area contributed by atoms with E-state index >= 15 is 0 Å². The molecule has 2 aromatic carbocycles. The van der Waals surface area contributed by atoms with Crippen LogP contribution in [0.3, 0.4) is 0 Å². The Labute approximate surface area is 197 Å². The molecule has 2 amide bonds. The number of nitrogens with one attached hydrogen (secondary N) is 1. The normalized spacial score (nSPS) is 14.0. The Morgan fingerprint density at radius 1 is 0.971 bits per heavy atom. The summed E-state index contributed by atoms with van der Waals surface area (Å²) < 4.78 is 4.92. The number of benzene rings is 2. The summed E-state index contributed by atoms with van der Waals surface area (Å²) in [4.78, 5) is 43.2. The quantitative estimate of drug-likeness (QED) is 0.591. The summed E-state index contributed by atoms with van der Waals surface area (Å²) in [6.07, 6.45) is 1.73. The fraction of sp³-hybridized carbons (Fsp3) is 0.360. The third-order valence-corrected chi connectivity index (χ3v) is 6.46. The molecule has 3 N–H and O–H groups in total. The molecule has 1 aliphatic rings. The lowest BCUT2D eigenvalue weighted by Crippen LogP contribution is -2.35. The van der Waals surface area contributed by atoms with Crippen molar-refractivity contribution in [2.75, 3.05) is 34.7 Å². The molecule has 34 heavy (non-hydrogen) atoms. The minimum Gasteiger partial charge on any atom is -0.345 e. The highest BCUT2D eigenvalue weighted by molar-refractivity contribution is 5.95. The van der Waals surface area contributed by atoms with Crippen LogP contribution in [-0.2, 0) is 18.3 Å². The van der Waals surface area contributed by atoms with Gasteiger partial charge in [0.1, 0.15) is 0 Å². The Kier molecular flexibility index (Phi) is 6.14. The number of fused-ring (bicyclic) bond motifs is 2. The van der Waals surface area contributed by atoms with Crippen LogP contribution in [0.15, 0.2) is 45.7 Å². The first-order valence-electron chi connectivity index (χ1n) is 11.2. The summed E-state index contributed by atoms with van der Waals surface area (Å²) in [6.45, 7) is 0.310. The van der Waals surface area contributed by atoms with Crippen molar-refractivity contribution in [1.29, 1.82) is 0 Å². The highest BCUT2D eigenvalue weighted by Gasteiger charge is 2.44. The van der Waals surface area contributed by atoms with Gasteiger partial charge in [-0.25, -0.2) is 4.79 Å². The maximum absolute atomic E-state index is 12.7. The lowest BCUT2D eigenvalue weighted by molar-refractivity contribution is 0.0820. The smallest absolute Gasteiger partial charge is 0.345 e. The molecule has 0 unspecified atom stereocenters. The van der Waals surface area contributed by atoms with Gasteiger partial charge in [-0.05, 0) is 72.3 Å². The molecule has 0 aliphatic heterocycles. The van der Waals surface area contributed by atoms with Crippen LogP contribution in [0.1, 0.15) is 55.2 Å². The van der Waals surface area contributed by atoms with Crippen LogP contribution in [0, 0.1) is 0 Å². The van der Waals surface area contributed by atoms with Crippen molar-refractivity contribution in [2.45, 2.75) is 24.7 Å². The molecule has 1 aromatic heterocycles. The van der Waals surface area contributed by atoms with E-state index in [4.69, 9.17) is 10.3 Å². The van der Waals surface area contributed by atoms with Crippen molar-refractivity contribution in [3.63, 3.8) is 0 Å². The number of hydrogen-bond acceptors (Lipinski definition) is 6. The molecule has 0 spiro atoms. The first kappa shape index (κ1) is 23.4. The number of aromatic nitrogens is 2. The maximum atomic E-state index is 12.7. The van der Waals surface area contributed by atoms with Crippen LogP contribution in [0.2, 0.25) is 0 Å². The minimum absolute atomic E-state index is 0.0947. The predicted octanol–water partition coefficient (Wildman–Crippen LogP) is 1.55. The molecule has 0 saturated carbocycles. The van der Waals surface area contributed by atoms with Crippen LogP contribution in [0.4, 0.5) is 0 Å². The number of nitrogens with two attached hydrogens (primary N) is 1. The topological polar surface area (TPSA) is 126 Å². The molecule has 4 rings (SSSR count). The van der Waals surface area contributed by atoms with E-state index in [1.165, 1.54) is 9.80 Å². The highest BCUT2D eigenvalue weighted by atomic mass is 16.5. The number of aromatic amines is 1. The van der Waals surface area contributed by atoms with Crippen molar-refractivity contribution >= 4 is 11.8 Å². The van der Waals surface area contributed by atoms with E-state index < -0.39 is 11.2 Å². The fourth-order valence-corrected chi connectivity index (χ4v) is 4.90. The number of carbonyl (C=O) groups excluding carboxylic acids is 2. The Morgan fingerprint density at radius 2 is 1.47 bits per heavy atom. The van der Waals surface area contributed by atoms with Gasteiger partial charge in [-0.2, -0.15) is 0 Å². The van der Waals surface area contributed by atoms with Gasteiger partial charge in [0.25, 0.3) is 11.8 Å². The first-order chi connectivity index (χ1) is 16.2. The maximum Gasteiger partial charge on any atom is 0.438 e. The Hall–Kier alpha value is -3.72. The first-order valence-corrected chi connectivity index (χ1v) is 11.2. The summed E-state index contributed by atoms with van der Waals surface area (Å²) in [6, 6.07) is 11.2. The molecule has 0 bridgehead atoms. The van der Waals surface area contributed by atoms with Gasteiger partial charge < -0.3 is 15.5 Å². The fourth-order valence-electron chi connectivity index (χ4n) is 4.90. The standard InChI is InChI=1S/C25H29N5O4/c1-29(2)21(31)17-7-9-19-15(13-17)5-6-16-14-18(22(32)30(3)4)8-10-20(16)25(19,11-12-26)23-27-24(33)34-28-23/h7-10,13-14H,5-6,11-12,26H2,1-4H3,(H,27,28,33). The van der Waals surface area contributed by atoms with Gasteiger partial charge in [0, 0.05) is 39.3 Å². The largest absolute Gasteiger partial charge is 0.438 e. The molecule has 9 nitrogen and oxygen atoms in total. The second-order valence-corrected chi connectivity index (χ2v) is 9.03. The molecule has 3 aromatic rings. The number of nitrogens with zero attached hydrogens (tertiary/aromatic N) is 3. The lowest BCUT2D eigenvalue weighted by Gasteiger charge is -2.34. The van der Waals surface area contributed by atoms with Crippen LogP contribution >= 0.6 is 0 Å². The molecule has 1 heterocycles. The van der Waals surface area contributed by atoms with E-state index in [-0.39, 0.29) is 11.8 Å². The van der Waals surface area contributed by atoms with E-state index in [0.29, 0.717) is 42.8 Å². The Morgan fingerprint density at radius 3 is 1.85 bits per heavy atom. The second-order valence-electron chi connectivity index (χ2n) is 9.03. The van der Waals surface area contributed by atoms with Crippen molar-refractivity contribution in [1.82, 2.24) is 19.9 Å². The van der Waals surface area contributed by atoms with Crippen molar-refractivity contribution in [2.24, 2.45) is 5.73 Å². The number of hydrogen-bond donors (Lipinski definition) is 2. The minimum atomic E-state index is -0.901. The molecule has 0 radical (unpaired) electrons. The average Bonchev–Trinajstić information content (AvgIpc) is 3.21. The third kappa shape index (κ3) is 3.81. The zero-order valence-electron chi connectivity index (χ0n) is 19.8. The zero-order valence-corrected chi connectivity index (χ0v) is 19.8. The van der Waals surface area contributed by atoms with E-state index in [9.17, 15) is 14.4 Å². The molecule has 0 saturated heterocycles. The molecule has 0 atom stereocenters. The van der Waals surface area contributed by atoms with Crippen molar-refractivity contribution in [3.8, 4) is 0 Å². The molecule has 178 valence electrons. The molecule has 9 heteroatoms. The van der Waals surface area contributed by atoms with Crippen molar-refractivity contribution < 1.29 is 14.1 Å². The number of H-pyrrole nitrogens is 1. The number of aryl methyl sites for hydroxylation is 2. The summed E-state index contributed by atoms with van der Waals surface area (Å²) in [5.74, 6) is -0.492. The molecular formula is C25H29N5O4. The van der Waals surface area contributed by atoms with Gasteiger partial charge in [0.2, 0.25) is 0 Å². The van der Waals surface area contributed by atoms with E-state index in [1.807, 2.05) is 24.3 Å². The van der Waals surface area contributed by atoms with Gasteiger partial charge in [0.15, 0.2) is 5.82 Å². The SMILES string of the molecule is CN(C)C(=O)c1ccc2c(c1)CCc1cc(C(=O)N(C)C)ccc1C2(CCN)c1noc(=O)[nH]1. The van der Waals surface area contributed by atoms with Gasteiger partial charge in [-0.1, -0.05) is 17.3 Å². The predicted molar refractivity (Wildman–Crippen MR) is 127 cm³/mol. The van der Waals surface area contributed by atoms with Gasteiger partial charge in [-0.3, -0.25) is 19.1 Å². The lowest BCUT2D eigenvalue weighted by atomic mass is 9.69. The number of rotatable bonds is 5. The van der Waals surface area contributed by atoms with E-state index in [1.54, 1.807) is 40.3 Å². The van der Waals surface area contributed by atoms with Gasteiger partial charge in [0.05, 0.1) is 5.41 Å². The number of amides is 2. The van der Waals surface area contributed by atoms with Crippen LogP contribution in [-0.4, -0.2) is 66.5 Å². The van der Waals surface area contributed by atoms with Gasteiger partial charge in [-0.15, -0.1) is 0 Å². The summed E-state index contributed by atoms with van der Waals surface area (Å²) in [5.41, 5.74) is 10.1. The van der Waals surface area contributed by atoms with Crippen molar-refractivity contribution in [3.05, 3.63) is 86.2 Å². The van der Waals surface area contributed by atoms with E-state index in [0.717, 1.165) is 22.3 Å².